The Kier molecular flexibility index (Phi) is 7.68. The molecule has 1 amide bonds. The minimum Gasteiger partial charge on any atom is -0.369 e. The second kappa shape index (κ2) is 10.9. The molecule has 1 aromatic heterocycles. The van der Waals surface area contributed by atoms with E-state index in [1.54, 1.807) is 24.3 Å². The van der Waals surface area contributed by atoms with E-state index in [-0.39, 0.29) is 24.5 Å². The number of aryl methyl sites for hydroxylation is 2. The molecule has 1 aliphatic rings. The van der Waals surface area contributed by atoms with Gasteiger partial charge in [0.25, 0.3) is 0 Å². The largest absolute Gasteiger partial charge is 0.419 e. The zero-order valence-corrected chi connectivity index (χ0v) is 19.4. The summed E-state index contributed by atoms with van der Waals surface area (Å²) in [6.45, 7) is 0. The van der Waals surface area contributed by atoms with Crippen LogP contribution in [0, 0.1) is 0 Å². The molecule has 1 aliphatic carbocycles. The standard InChI is InChI=1S/C27H29F3N4O/c28-27(29,30)23-17-32-26(33-22-13-10-20(11-14-22)18-6-2-1-3-7-18)34-24(23)15-12-19-8-4-5-9-21(19)16-25(31)35/h4-5,8-11,13-14,17-18H,1-3,6-7,12,15-16H2,(H2,31,35)(H,32,33,34). The molecular weight excluding hydrogens is 453 g/mol. The lowest BCUT2D eigenvalue weighted by Gasteiger charge is -2.22. The highest BCUT2D eigenvalue weighted by atomic mass is 19.4. The number of nitrogens with zero attached hydrogens (tertiary/aromatic N) is 2. The van der Waals surface area contributed by atoms with E-state index in [9.17, 15) is 18.0 Å². The molecule has 0 spiro atoms. The summed E-state index contributed by atoms with van der Waals surface area (Å²) >= 11 is 0. The third-order valence-corrected chi connectivity index (χ3v) is 6.53. The first-order valence-corrected chi connectivity index (χ1v) is 11.9. The summed E-state index contributed by atoms with van der Waals surface area (Å²) in [5.74, 6) is 0.199. The second-order valence-electron chi connectivity index (χ2n) is 9.05. The molecule has 184 valence electrons. The molecule has 1 fully saturated rings. The first kappa shape index (κ1) is 24.7. The lowest BCUT2D eigenvalue weighted by molar-refractivity contribution is -0.138. The summed E-state index contributed by atoms with van der Waals surface area (Å²) in [4.78, 5) is 19.5. The predicted octanol–water partition coefficient (Wildman–Crippen LogP) is 6.10. The Balaban J connectivity index is 1.52. The number of carbonyl (C=O) groups is 1. The third-order valence-electron chi connectivity index (χ3n) is 6.53. The van der Waals surface area contributed by atoms with Crippen LogP contribution in [0.1, 0.15) is 66.0 Å². The topological polar surface area (TPSA) is 80.9 Å². The molecule has 0 unspecified atom stereocenters. The van der Waals surface area contributed by atoms with Gasteiger partial charge >= 0.3 is 6.18 Å². The summed E-state index contributed by atoms with van der Waals surface area (Å²) in [5.41, 5.74) is 7.85. The third kappa shape index (κ3) is 6.59. The number of carbonyl (C=O) groups excluding carboxylic acids is 1. The van der Waals surface area contributed by atoms with Crippen LogP contribution in [0.2, 0.25) is 0 Å². The van der Waals surface area contributed by atoms with Gasteiger partial charge in [0.1, 0.15) is 0 Å². The molecule has 0 saturated heterocycles. The smallest absolute Gasteiger partial charge is 0.369 e. The number of nitrogens with one attached hydrogen (secondary N) is 1. The monoisotopic (exact) mass is 482 g/mol. The maximum atomic E-state index is 13.6. The molecule has 4 rings (SSSR count). The number of primary amides is 1. The lowest BCUT2D eigenvalue weighted by Crippen LogP contribution is -2.16. The van der Waals surface area contributed by atoms with Crippen molar-refractivity contribution in [2.75, 3.05) is 5.32 Å². The molecule has 0 bridgehead atoms. The van der Waals surface area contributed by atoms with Gasteiger partial charge in [-0.2, -0.15) is 13.2 Å². The maximum absolute atomic E-state index is 13.6. The van der Waals surface area contributed by atoms with E-state index in [1.807, 2.05) is 12.1 Å². The minimum atomic E-state index is -4.57. The molecule has 0 aliphatic heterocycles. The molecule has 1 heterocycles. The molecule has 1 saturated carbocycles. The Morgan fingerprint density at radius 1 is 0.971 bits per heavy atom. The van der Waals surface area contributed by atoms with Gasteiger partial charge in [0.15, 0.2) is 0 Å². The van der Waals surface area contributed by atoms with Gasteiger partial charge in [-0.3, -0.25) is 4.79 Å². The van der Waals surface area contributed by atoms with Gasteiger partial charge < -0.3 is 11.1 Å². The molecule has 35 heavy (non-hydrogen) atoms. The van der Waals surface area contributed by atoms with Crippen molar-refractivity contribution in [1.29, 1.82) is 0 Å². The van der Waals surface area contributed by atoms with Crippen LogP contribution in [0.5, 0.6) is 0 Å². The van der Waals surface area contributed by atoms with Gasteiger partial charge in [-0.1, -0.05) is 55.7 Å². The number of rotatable bonds is 8. The number of alkyl halides is 3. The summed E-state index contributed by atoms with van der Waals surface area (Å²) in [6, 6.07) is 15.1. The number of hydrogen-bond acceptors (Lipinski definition) is 4. The average Bonchev–Trinajstić information content (AvgIpc) is 2.83. The highest BCUT2D eigenvalue weighted by Gasteiger charge is 2.35. The van der Waals surface area contributed by atoms with Gasteiger partial charge in [0, 0.05) is 11.9 Å². The molecule has 0 radical (unpaired) electrons. The zero-order valence-electron chi connectivity index (χ0n) is 19.4. The van der Waals surface area contributed by atoms with Gasteiger partial charge in [-0.05, 0) is 60.4 Å². The van der Waals surface area contributed by atoms with Crippen LogP contribution in [-0.2, 0) is 30.2 Å². The van der Waals surface area contributed by atoms with E-state index < -0.39 is 17.6 Å². The van der Waals surface area contributed by atoms with Crippen molar-refractivity contribution in [1.82, 2.24) is 9.97 Å². The van der Waals surface area contributed by atoms with Crippen LogP contribution in [0.4, 0.5) is 24.8 Å². The molecule has 5 nitrogen and oxygen atoms in total. The van der Waals surface area contributed by atoms with Crippen LogP contribution < -0.4 is 11.1 Å². The van der Waals surface area contributed by atoms with E-state index in [1.165, 1.54) is 37.7 Å². The van der Waals surface area contributed by atoms with E-state index in [2.05, 4.69) is 27.4 Å². The van der Waals surface area contributed by atoms with E-state index >= 15 is 0 Å². The Morgan fingerprint density at radius 3 is 2.31 bits per heavy atom. The summed E-state index contributed by atoms with van der Waals surface area (Å²) in [6.07, 6.45) is 2.82. The number of halogens is 3. The Hall–Kier alpha value is -3.42. The highest BCUT2D eigenvalue weighted by Crippen LogP contribution is 2.34. The highest BCUT2D eigenvalue weighted by molar-refractivity contribution is 5.77. The molecule has 3 aromatic rings. The van der Waals surface area contributed by atoms with Gasteiger partial charge in [0.05, 0.1) is 17.7 Å². The minimum absolute atomic E-state index is 0.0374. The normalized spacial score (nSPS) is 14.6. The van der Waals surface area contributed by atoms with Crippen LogP contribution >= 0.6 is 0 Å². The van der Waals surface area contributed by atoms with E-state index in [4.69, 9.17) is 5.73 Å². The fourth-order valence-corrected chi connectivity index (χ4v) is 4.72. The number of benzene rings is 2. The van der Waals surface area contributed by atoms with Gasteiger partial charge in [0.2, 0.25) is 11.9 Å². The predicted molar refractivity (Wildman–Crippen MR) is 129 cm³/mol. The summed E-state index contributed by atoms with van der Waals surface area (Å²) in [5, 5.41) is 3.04. The maximum Gasteiger partial charge on any atom is 0.419 e. The SMILES string of the molecule is NC(=O)Cc1ccccc1CCc1nc(Nc2ccc(C3CCCCC3)cc2)ncc1C(F)(F)F. The van der Waals surface area contributed by atoms with Gasteiger partial charge in [-0.15, -0.1) is 0 Å². The second-order valence-corrected chi connectivity index (χ2v) is 9.05. The molecular formula is C27H29F3N4O. The average molecular weight is 483 g/mol. The zero-order chi connectivity index (χ0) is 24.8. The number of hydrogen-bond donors (Lipinski definition) is 2. The van der Waals surface area contributed by atoms with Gasteiger partial charge in [-0.25, -0.2) is 9.97 Å². The first-order valence-electron chi connectivity index (χ1n) is 11.9. The van der Waals surface area contributed by atoms with Crippen molar-refractivity contribution in [2.24, 2.45) is 5.73 Å². The Labute approximate surface area is 203 Å². The van der Waals surface area contributed by atoms with Crippen molar-refractivity contribution in [3.05, 3.63) is 82.7 Å². The van der Waals surface area contributed by atoms with Crippen molar-refractivity contribution in [2.45, 2.75) is 63.5 Å². The Morgan fingerprint density at radius 2 is 1.66 bits per heavy atom. The van der Waals surface area contributed by atoms with Crippen LogP contribution in [0.15, 0.2) is 54.7 Å². The molecule has 0 atom stereocenters. The fourth-order valence-electron chi connectivity index (χ4n) is 4.72. The Bertz CT molecular complexity index is 1160. The van der Waals surface area contributed by atoms with Crippen molar-refractivity contribution < 1.29 is 18.0 Å². The molecule has 2 aromatic carbocycles. The first-order chi connectivity index (χ1) is 16.8. The molecule has 8 heteroatoms. The fraction of sp³-hybridized carbons (Fsp3) is 0.370. The molecule has 3 N–H and O–H groups in total. The number of aromatic nitrogens is 2. The van der Waals surface area contributed by atoms with E-state index in [0.29, 0.717) is 17.9 Å². The van der Waals surface area contributed by atoms with Crippen LogP contribution in [-0.4, -0.2) is 15.9 Å². The summed E-state index contributed by atoms with van der Waals surface area (Å²) in [7, 11) is 0. The van der Waals surface area contributed by atoms with E-state index in [0.717, 1.165) is 17.4 Å². The quantitative estimate of drug-likeness (QED) is 0.407. The van der Waals surface area contributed by atoms with Crippen molar-refractivity contribution >= 4 is 17.5 Å². The number of anilines is 2. The number of nitrogens with two attached hydrogens (primary N) is 1. The van der Waals surface area contributed by atoms with Crippen molar-refractivity contribution in [3.8, 4) is 0 Å². The summed E-state index contributed by atoms with van der Waals surface area (Å²) < 4.78 is 40.9. The van der Waals surface area contributed by atoms with Crippen molar-refractivity contribution in [3.63, 3.8) is 0 Å². The number of amides is 1. The van der Waals surface area contributed by atoms with Crippen LogP contribution in [0.3, 0.4) is 0 Å². The van der Waals surface area contributed by atoms with Crippen LogP contribution in [0.25, 0.3) is 0 Å². The lowest BCUT2D eigenvalue weighted by atomic mass is 9.84.